The monoisotopic (exact) mass is 333 g/mol. The Labute approximate surface area is 123 Å². The second kappa shape index (κ2) is 9.79. The average molecular weight is 335 g/mol. The lowest BCUT2D eigenvalue weighted by atomic mass is 10.2. The molecule has 0 amide bonds. The lowest BCUT2D eigenvalue weighted by Gasteiger charge is -2.07. The highest BCUT2D eigenvalue weighted by molar-refractivity contribution is 9.10. The van der Waals surface area contributed by atoms with Crippen LogP contribution in [0.15, 0.2) is 22.7 Å². The summed E-state index contributed by atoms with van der Waals surface area (Å²) in [6, 6.07) is 6.00. The van der Waals surface area contributed by atoms with Crippen molar-refractivity contribution in [1.29, 1.82) is 0 Å². The molecular weight excluding hydrogens is 314 g/mol. The largest absolute Gasteiger partial charge is 0.381 e. The average Bonchev–Trinajstić information content (AvgIpc) is 2.37. The summed E-state index contributed by atoms with van der Waals surface area (Å²) in [4.78, 5) is 0. The van der Waals surface area contributed by atoms with Crippen molar-refractivity contribution in [3.05, 3.63) is 33.3 Å². The van der Waals surface area contributed by atoms with Gasteiger partial charge in [-0.1, -0.05) is 31.0 Å². The van der Waals surface area contributed by atoms with E-state index in [1.807, 2.05) is 18.2 Å². The molecule has 1 aromatic rings. The second-order valence-corrected chi connectivity index (χ2v) is 5.51. The lowest BCUT2D eigenvalue weighted by Crippen LogP contribution is -2.16. The van der Waals surface area contributed by atoms with Crippen LogP contribution >= 0.6 is 27.5 Å². The summed E-state index contributed by atoms with van der Waals surface area (Å²) in [5.41, 5.74) is 1.23. The predicted molar refractivity (Wildman–Crippen MR) is 81.2 cm³/mol. The van der Waals surface area contributed by atoms with Crippen molar-refractivity contribution in [3.8, 4) is 0 Å². The molecule has 4 heteroatoms. The molecule has 102 valence electrons. The standard InChI is InChI=1S/C14H21BrClNO/c1-2-3-8-18-9-4-7-17-11-12-5-6-14(16)13(15)10-12/h5-6,10,17H,2-4,7-9,11H2,1H3. The Kier molecular flexibility index (Phi) is 8.68. The molecule has 1 aromatic carbocycles. The van der Waals surface area contributed by atoms with Gasteiger partial charge in [0.15, 0.2) is 0 Å². The Morgan fingerprint density at radius 2 is 2.06 bits per heavy atom. The van der Waals surface area contributed by atoms with E-state index in [4.69, 9.17) is 16.3 Å². The van der Waals surface area contributed by atoms with Crippen LogP contribution < -0.4 is 5.32 Å². The van der Waals surface area contributed by atoms with Gasteiger partial charge in [-0.05, 0) is 53.0 Å². The van der Waals surface area contributed by atoms with Gasteiger partial charge in [0.2, 0.25) is 0 Å². The van der Waals surface area contributed by atoms with Crippen LogP contribution in [0.1, 0.15) is 31.7 Å². The Balaban J connectivity index is 2.05. The van der Waals surface area contributed by atoms with Gasteiger partial charge in [0.1, 0.15) is 0 Å². The molecule has 0 heterocycles. The van der Waals surface area contributed by atoms with Crippen LogP contribution in [0.4, 0.5) is 0 Å². The van der Waals surface area contributed by atoms with Gasteiger partial charge in [0, 0.05) is 24.2 Å². The summed E-state index contributed by atoms with van der Waals surface area (Å²) in [6.07, 6.45) is 3.41. The number of halogens is 2. The summed E-state index contributed by atoms with van der Waals surface area (Å²) < 4.78 is 6.45. The van der Waals surface area contributed by atoms with Crippen LogP contribution in [0.3, 0.4) is 0 Å². The Morgan fingerprint density at radius 1 is 1.28 bits per heavy atom. The predicted octanol–water partition coefficient (Wildman–Crippen LogP) is 4.40. The molecule has 0 saturated carbocycles. The van der Waals surface area contributed by atoms with E-state index in [1.165, 1.54) is 12.0 Å². The van der Waals surface area contributed by atoms with E-state index in [2.05, 4.69) is 28.2 Å². The molecule has 0 atom stereocenters. The van der Waals surface area contributed by atoms with E-state index in [0.29, 0.717) is 0 Å². The maximum atomic E-state index is 5.94. The number of hydrogen-bond acceptors (Lipinski definition) is 2. The summed E-state index contributed by atoms with van der Waals surface area (Å²) in [7, 11) is 0. The summed E-state index contributed by atoms with van der Waals surface area (Å²) in [5.74, 6) is 0. The van der Waals surface area contributed by atoms with Gasteiger partial charge >= 0.3 is 0 Å². The highest BCUT2D eigenvalue weighted by Crippen LogP contribution is 2.22. The number of rotatable bonds is 9. The fourth-order valence-corrected chi connectivity index (χ4v) is 2.07. The smallest absolute Gasteiger partial charge is 0.0548 e. The number of hydrogen-bond donors (Lipinski definition) is 1. The van der Waals surface area contributed by atoms with Crippen molar-refractivity contribution in [2.75, 3.05) is 19.8 Å². The third kappa shape index (κ3) is 6.74. The first-order chi connectivity index (χ1) is 8.74. The van der Waals surface area contributed by atoms with E-state index < -0.39 is 0 Å². The molecule has 0 aliphatic heterocycles. The van der Waals surface area contributed by atoms with Gasteiger partial charge in [-0.3, -0.25) is 0 Å². The van der Waals surface area contributed by atoms with Gasteiger partial charge in [0.25, 0.3) is 0 Å². The molecule has 0 saturated heterocycles. The molecule has 0 radical (unpaired) electrons. The van der Waals surface area contributed by atoms with Crippen LogP contribution in [0.2, 0.25) is 5.02 Å². The summed E-state index contributed by atoms with van der Waals surface area (Å²) in [6.45, 7) is 5.75. The molecule has 0 spiro atoms. The molecule has 0 fully saturated rings. The maximum absolute atomic E-state index is 5.94. The minimum Gasteiger partial charge on any atom is -0.381 e. The van der Waals surface area contributed by atoms with Crippen LogP contribution in [0.25, 0.3) is 0 Å². The van der Waals surface area contributed by atoms with Gasteiger partial charge in [-0.2, -0.15) is 0 Å². The van der Waals surface area contributed by atoms with E-state index in [-0.39, 0.29) is 0 Å². The Morgan fingerprint density at radius 3 is 2.78 bits per heavy atom. The topological polar surface area (TPSA) is 21.3 Å². The van der Waals surface area contributed by atoms with Crippen molar-refractivity contribution in [3.63, 3.8) is 0 Å². The summed E-state index contributed by atoms with van der Waals surface area (Å²) >= 11 is 9.37. The van der Waals surface area contributed by atoms with Crippen molar-refractivity contribution in [1.82, 2.24) is 5.32 Å². The zero-order chi connectivity index (χ0) is 13.2. The normalized spacial score (nSPS) is 10.8. The number of unbranched alkanes of at least 4 members (excludes halogenated alkanes) is 1. The number of nitrogens with one attached hydrogen (secondary N) is 1. The highest BCUT2D eigenvalue weighted by Gasteiger charge is 1.98. The van der Waals surface area contributed by atoms with Crippen molar-refractivity contribution in [2.45, 2.75) is 32.7 Å². The van der Waals surface area contributed by atoms with Crippen LogP contribution in [0.5, 0.6) is 0 Å². The molecule has 0 aliphatic carbocycles. The van der Waals surface area contributed by atoms with Crippen LogP contribution in [-0.4, -0.2) is 19.8 Å². The first kappa shape index (κ1) is 16.0. The van der Waals surface area contributed by atoms with Crippen LogP contribution in [-0.2, 0) is 11.3 Å². The molecule has 1 N–H and O–H groups in total. The van der Waals surface area contributed by atoms with Crippen molar-refractivity contribution < 1.29 is 4.74 Å². The first-order valence-electron chi connectivity index (χ1n) is 6.46. The molecule has 1 rings (SSSR count). The van der Waals surface area contributed by atoms with Crippen molar-refractivity contribution in [2.24, 2.45) is 0 Å². The van der Waals surface area contributed by atoms with E-state index >= 15 is 0 Å². The van der Waals surface area contributed by atoms with Gasteiger partial charge in [-0.15, -0.1) is 0 Å². The van der Waals surface area contributed by atoms with Gasteiger partial charge in [0.05, 0.1) is 5.02 Å². The molecule has 0 aromatic heterocycles. The number of benzene rings is 1. The minimum atomic E-state index is 0.753. The zero-order valence-electron chi connectivity index (χ0n) is 10.8. The Bertz CT molecular complexity index is 347. The van der Waals surface area contributed by atoms with Crippen molar-refractivity contribution >= 4 is 27.5 Å². The maximum Gasteiger partial charge on any atom is 0.0548 e. The van der Waals surface area contributed by atoms with Gasteiger partial charge in [-0.25, -0.2) is 0 Å². The SMILES string of the molecule is CCCCOCCCNCc1ccc(Cl)c(Br)c1. The highest BCUT2D eigenvalue weighted by atomic mass is 79.9. The van der Waals surface area contributed by atoms with E-state index in [9.17, 15) is 0 Å². The molecule has 2 nitrogen and oxygen atoms in total. The minimum absolute atomic E-state index is 0.753. The molecule has 0 bridgehead atoms. The number of ether oxygens (including phenoxy) is 1. The first-order valence-corrected chi connectivity index (χ1v) is 7.63. The molecule has 18 heavy (non-hydrogen) atoms. The third-order valence-corrected chi connectivity index (χ3v) is 3.81. The van der Waals surface area contributed by atoms with Crippen LogP contribution in [0, 0.1) is 0 Å². The molecular formula is C14H21BrClNO. The zero-order valence-corrected chi connectivity index (χ0v) is 13.2. The third-order valence-electron chi connectivity index (χ3n) is 2.60. The Hall–Kier alpha value is -0.0900. The quantitative estimate of drug-likeness (QED) is 0.676. The fraction of sp³-hybridized carbons (Fsp3) is 0.571. The molecule has 0 aliphatic rings. The lowest BCUT2D eigenvalue weighted by molar-refractivity contribution is 0.129. The molecule has 0 unspecified atom stereocenters. The van der Waals surface area contributed by atoms with E-state index in [1.54, 1.807) is 0 Å². The van der Waals surface area contributed by atoms with Gasteiger partial charge < -0.3 is 10.1 Å². The fourth-order valence-electron chi connectivity index (χ4n) is 1.53. The summed E-state index contributed by atoms with van der Waals surface area (Å²) in [5, 5.41) is 4.15. The second-order valence-electron chi connectivity index (χ2n) is 4.24. The van der Waals surface area contributed by atoms with E-state index in [0.717, 1.165) is 48.6 Å².